The summed E-state index contributed by atoms with van der Waals surface area (Å²) in [4.78, 5) is 24.4. The number of amides is 2. The third-order valence-corrected chi connectivity index (χ3v) is 6.22. The first-order chi connectivity index (χ1) is 16.1. The number of urea groups is 1. The normalized spacial score (nSPS) is 20.8. The van der Waals surface area contributed by atoms with E-state index in [0.717, 1.165) is 55.4 Å². The van der Waals surface area contributed by atoms with Crippen molar-refractivity contribution >= 4 is 11.7 Å². The molecule has 0 radical (unpaired) electrons. The Morgan fingerprint density at radius 1 is 1.09 bits per heavy atom. The average Bonchev–Trinajstić information content (AvgIpc) is 3.25. The van der Waals surface area contributed by atoms with Crippen molar-refractivity contribution in [1.82, 2.24) is 30.1 Å². The molecule has 4 rings (SSSR count). The van der Waals surface area contributed by atoms with Gasteiger partial charge in [0.2, 0.25) is 5.82 Å². The fourth-order valence-corrected chi connectivity index (χ4v) is 4.06. The van der Waals surface area contributed by atoms with Crippen molar-refractivity contribution in [3.8, 4) is 0 Å². The third kappa shape index (κ3) is 5.36. The fraction of sp³-hybridized carbons (Fsp3) is 0.478. The number of carbonyl (C=O) groups excluding carboxylic acids is 1. The number of alkyl halides is 3. The maximum absolute atomic E-state index is 13.0. The number of halogens is 3. The van der Waals surface area contributed by atoms with Gasteiger partial charge in [-0.3, -0.25) is 4.90 Å². The van der Waals surface area contributed by atoms with Crippen LogP contribution in [0.4, 0.5) is 18.0 Å². The SMILES string of the molecule is Cc1ccc(C2=NN(C(=O)NC(C)c3cnc(C(F)(F)F)nc3)C[C@H]2N2CCN(C)CC2)cc1. The maximum Gasteiger partial charge on any atom is 0.451 e. The van der Waals surface area contributed by atoms with Crippen LogP contribution in [-0.4, -0.2) is 82.3 Å². The number of rotatable bonds is 4. The molecule has 2 aliphatic heterocycles. The molecule has 0 spiro atoms. The van der Waals surface area contributed by atoms with Gasteiger partial charge in [-0.15, -0.1) is 0 Å². The topological polar surface area (TPSA) is 77.0 Å². The van der Waals surface area contributed by atoms with Crippen LogP contribution >= 0.6 is 0 Å². The summed E-state index contributed by atoms with van der Waals surface area (Å²) in [6.07, 6.45) is -2.45. The molecule has 0 aliphatic carbocycles. The van der Waals surface area contributed by atoms with Gasteiger partial charge in [0.1, 0.15) is 0 Å². The smallest absolute Gasteiger partial charge is 0.330 e. The van der Waals surface area contributed by atoms with E-state index in [9.17, 15) is 18.0 Å². The number of carbonyl (C=O) groups is 1. The van der Waals surface area contributed by atoms with Crippen LogP contribution in [-0.2, 0) is 6.18 Å². The van der Waals surface area contributed by atoms with Crippen molar-refractivity contribution < 1.29 is 18.0 Å². The molecule has 2 aliphatic rings. The second-order valence-corrected chi connectivity index (χ2v) is 8.80. The van der Waals surface area contributed by atoms with Crippen molar-refractivity contribution in [3.05, 3.63) is 59.2 Å². The lowest BCUT2D eigenvalue weighted by atomic mass is 10.0. The largest absolute Gasteiger partial charge is 0.451 e. The molecule has 11 heteroatoms. The van der Waals surface area contributed by atoms with E-state index in [-0.39, 0.29) is 6.04 Å². The van der Waals surface area contributed by atoms with E-state index in [1.807, 2.05) is 31.2 Å². The molecular weight excluding hydrogens is 447 g/mol. The minimum atomic E-state index is -4.61. The van der Waals surface area contributed by atoms with E-state index in [0.29, 0.717) is 12.1 Å². The van der Waals surface area contributed by atoms with Gasteiger partial charge in [-0.1, -0.05) is 29.8 Å². The molecule has 2 aromatic rings. The Labute approximate surface area is 196 Å². The highest BCUT2D eigenvalue weighted by molar-refractivity contribution is 6.06. The van der Waals surface area contributed by atoms with Gasteiger partial charge in [-0.2, -0.15) is 18.3 Å². The first-order valence-electron chi connectivity index (χ1n) is 11.2. The third-order valence-electron chi connectivity index (χ3n) is 6.22. The minimum absolute atomic E-state index is 0.0353. The molecule has 1 fully saturated rings. The second-order valence-electron chi connectivity index (χ2n) is 8.80. The Balaban J connectivity index is 1.50. The van der Waals surface area contributed by atoms with Crippen LogP contribution in [0.3, 0.4) is 0 Å². The summed E-state index contributed by atoms with van der Waals surface area (Å²) in [6, 6.07) is 7.03. The lowest BCUT2D eigenvalue weighted by Gasteiger charge is -2.36. The summed E-state index contributed by atoms with van der Waals surface area (Å²) in [6.45, 7) is 7.72. The summed E-state index contributed by atoms with van der Waals surface area (Å²) >= 11 is 0. The Bertz CT molecular complexity index is 1030. The van der Waals surface area contributed by atoms with Gasteiger partial charge < -0.3 is 10.2 Å². The number of nitrogens with one attached hydrogen (secondary N) is 1. The molecule has 1 aromatic carbocycles. The number of benzene rings is 1. The summed E-state index contributed by atoms with van der Waals surface area (Å²) in [5.74, 6) is -1.21. The maximum atomic E-state index is 13.0. The molecule has 0 saturated carbocycles. The summed E-state index contributed by atoms with van der Waals surface area (Å²) in [5, 5.41) is 8.86. The number of nitrogens with zero attached hydrogens (tertiary/aromatic N) is 6. The van der Waals surface area contributed by atoms with Crippen LogP contribution in [0, 0.1) is 6.92 Å². The molecule has 8 nitrogen and oxygen atoms in total. The quantitative estimate of drug-likeness (QED) is 0.736. The number of hydrogen-bond acceptors (Lipinski definition) is 6. The van der Waals surface area contributed by atoms with E-state index in [1.54, 1.807) is 6.92 Å². The van der Waals surface area contributed by atoms with E-state index in [4.69, 9.17) is 0 Å². The van der Waals surface area contributed by atoms with Crippen LogP contribution in [0.25, 0.3) is 0 Å². The summed E-state index contributed by atoms with van der Waals surface area (Å²) in [7, 11) is 2.09. The molecule has 34 heavy (non-hydrogen) atoms. The molecule has 1 unspecified atom stereocenters. The number of aromatic nitrogens is 2. The summed E-state index contributed by atoms with van der Waals surface area (Å²) < 4.78 is 38.2. The lowest BCUT2D eigenvalue weighted by molar-refractivity contribution is -0.145. The number of aryl methyl sites for hydroxylation is 1. The molecule has 182 valence electrons. The van der Waals surface area contributed by atoms with Crippen molar-refractivity contribution in [1.29, 1.82) is 0 Å². The van der Waals surface area contributed by atoms with Crippen LogP contribution < -0.4 is 5.32 Å². The Hall–Kier alpha value is -3.05. The molecule has 3 heterocycles. The summed E-state index contributed by atoms with van der Waals surface area (Å²) in [5.41, 5.74) is 3.32. The van der Waals surface area contributed by atoms with Gasteiger partial charge in [0.05, 0.1) is 24.3 Å². The standard InChI is InChI=1S/C23H28F3N7O/c1-15-4-6-17(7-5-15)20-19(32-10-8-31(3)9-11-32)14-33(30-20)22(34)29-16(2)18-12-27-21(28-13-18)23(24,25)26/h4-7,12-13,16,19H,8-11,14H2,1-3H3,(H,29,34)/t16?,19-/m1/s1. The van der Waals surface area contributed by atoms with Gasteiger partial charge in [-0.25, -0.2) is 19.8 Å². The van der Waals surface area contributed by atoms with Crippen LogP contribution in [0.5, 0.6) is 0 Å². The fourth-order valence-electron chi connectivity index (χ4n) is 4.06. The molecular formula is C23H28F3N7O. The lowest BCUT2D eigenvalue weighted by Crippen LogP contribution is -2.53. The molecule has 1 N–H and O–H groups in total. The molecule has 0 bridgehead atoms. The van der Waals surface area contributed by atoms with Crippen molar-refractivity contribution in [2.45, 2.75) is 32.1 Å². The van der Waals surface area contributed by atoms with Crippen LogP contribution in [0.2, 0.25) is 0 Å². The van der Waals surface area contributed by atoms with E-state index in [1.165, 1.54) is 5.01 Å². The minimum Gasteiger partial charge on any atom is -0.330 e. The number of piperazine rings is 1. The number of hydrazone groups is 1. The van der Waals surface area contributed by atoms with Crippen molar-refractivity contribution in [2.75, 3.05) is 39.8 Å². The average molecular weight is 476 g/mol. The first-order valence-corrected chi connectivity index (χ1v) is 11.2. The first kappa shape index (κ1) is 24.1. The second kappa shape index (κ2) is 9.67. The van der Waals surface area contributed by atoms with Gasteiger partial charge in [-0.05, 0) is 26.5 Å². The van der Waals surface area contributed by atoms with Gasteiger partial charge >= 0.3 is 12.2 Å². The molecule has 1 saturated heterocycles. The highest BCUT2D eigenvalue weighted by atomic mass is 19.4. The zero-order valence-electron chi connectivity index (χ0n) is 19.4. The van der Waals surface area contributed by atoms with Crippen molar-refractivity contribution in [3.63, 3.8) is 0 Å². The zero-order valence-corrected chi connectivity index (χ0v) is 19.4. The Morgan fingerprint density at radius 2 is 1.71 bits per heavy atom. The molecule has 2 atom stereocenters. The Morgan fingerprint density at radius 3 is 2.29 bits per heavy atom. The van der Waals surface area contributed by atoms with Crippen LogP contribution in [0.15, 0.2) is 41.8 Å². The van der Waals surface area contributed by atoms with Crippen molar-refractivity contribution in [2.24, 2.45) is 5.10 Å². The van der Waals surface area contributed by atoms with E-state index in [2.05, 4.69) is 37.2 Å². The highest BCUT2D eigenvalue weighted by Gasteiger charge is 2.37. The predicted molar refractivity (Wildman–Crippen MR) is 121 cm³/mol. The van der Waals surface area contributed by atoms with Gasteiger partial charge in [0.25, 0.3) is 0 Å². The van der Waals surface area contributed by atoms with Gasteiger partial charge in [0.15, 0.2) is 0 Å². The molecule has 1 aromatic heterocycles. The molecule has 2 amide bonds. The van der Waals surface area contributed by atoms with E-state index >= 15 is 0 Å². The zero-order chi connectivity index (χ0) is 24.5. The monoisotopic (exact) mass is 475 g/mol. The predicted octanol–water partition coefficient (Wildman–Crippen LogP) is 2.91. The number of likely N-dealkylation sites (N-methyl/N-ethyl adjacent to an activating group) is 1. The Kier molecular flexibility index (Phi) is 6.85. The number of hydrogen-bond donors (Lipinski definition) is 1. The van der Waals surface area contributed by atoms with Gasteiger partial charge in [0, 0.05) is 44.1 Å². The highest BCUT2D eigenvalue weighted by Crippen LogP contribution is 2.26. The van der Waals surface area contributed by atoms with Crippen LogP contribution in [0.1, 0.15) is 35.5 Å². The van der Waals surface area contributed by atoms with E-state index < -0.39 is 24.1 Å².